The first-order valence-electron chi connectivity index (χ1n) is 8.77. The summed E-state index contributed by atoms with van der Waals surface area (Å²) in [6.45, 7) is 0.431. The standard InChI is InChI=1S/C20H16ClN3O4/c21-15-9-8-14(11-16(15)24-10-4-7-18(24)25)20(26)27-12-17-22-19(23-28-17)13-5-2-1-3-6-13/h1-3,5-6,8-9,11H,4,7,10,12H2. The van der Waals surface area contributed by atoms with Crippen LogP contribution < -0.4 is 4.90 Å². The first-order chi connectivity index (χ1) is 13.6. The lowest BCUT2D eigenvalue weighted by Gasteiger charge is -2.18. The van der Waals surface area contributed by atoms with E-state index >= 15 is 0 Å². The van der Waals surface area contributed by atoms with Gasteiger partial charge >= 0.3 is 5.97 Å². The highest BCUT2D eigenvalue weighted by Crippen LogP contribution is 2.30. The number of carbonyl (C=O) groups excluding carboxylic acids is 2. The molecule has 2 aromatic carbocycles. The van der Waals surface area contributed by atoms with Crippen molar-refractivity contribution in [2.45, 2.75) is 19.4 Å². The molecule has 1 amide bonds. The molecule has 2 heterocycles. The van der Waals surface area contributed by atoms with Crippen LogP contribution >= 0.6 is 11.6 Å². The monoisotopic (exact) mass is 397 g/mol. The second-order valence-electron chi connectivity index (χ2n) is 6.27. The van der Waals surface area contributed by atoms with Gasteiger partial charge in [-0.2, -0.15) is 4.98 Å². The van der Waals surface area contributed by atoms with Gasteiger partial charge in [-0.1, -0.05) is 47.1 Å². The molecule has 28 heavy (non-hydrogen) atoms. The lowest BCUT2D eigenvalue weighted by molar-refractivity contribution is -0.117. The molecule has 1 aliphatic rings. The zero-order valence-corrected chi connectivity index (χ0v) is 15.6. The minimum atomic E-state index is -0.566. The van der Waals surface area contributed by atoms with Gasteiger partial charge in [0.25, 0.3) is 5.89 Å². The number of nitrogens with zero attached hydrogens (tertiary/aromatic N) is 3. The van der Waals surface area contributed by atoms with Crippen LogP contribution in [0.5, 0.6) is 0 Å². The summed E-state index contributed by atoms with van der Waals surface area (Å²) in [4.78, 5) is 30.2. The first kappa shape index (κ1) is 18.2. The van der Waals surface area contributed by atoms with Gasteiger partial charge in [-0.25, -0.2) is 4.79 Å². The smallest absolute Gasteiger partial charge is 0.338 e. The van der Waals surface area contributed by atoms with Gasteiger partial charge in [0.1, 0.15) is 0 Å². The third kappa shape index (κ3) is 3.75. The molecule has 8 heteroatoms. The van der Waals surface area contributed by atoms with Crippen LogP contribution in [0.3, 0.4) is 0 Å². The fourth-order valence-corrected chi connectivity index (χ4v) is 3.20. The number of amides is 1. The second-order valence-corrected chi connectivity index (χ2v) is 6.68. The molecule has 0 N–H and O–H groups in total. The molecule has 0 unspecified atom stereocenters. The van der Waals surface area contributed by atoms with Crippen LogP contribution in [0.15, 0.2) is 53.1 Å². The third-order valence-electron chi connectivity index (χ3n) is 4.37. The summed E-state index contributed by atoms with van der Waals surface area (Å²) in [5.41, 5.74) is 1.62. The fourth-order valence-electron chi connectivity index (χ4n) is 2.98. The Bertz CT molecular complexity index is 1020. The number of anilines is 1. The van der Waals surface area contributed by atoms with Crippen molar-refractivity contribution < 1.29 is 18.8 Å². The van der Waals surface area contributed by atoms with E-state index in [4.69, 9.17) is 20.9 Å². The maximum Gasteiger partial charge on any atom is 0.338 e. The van der Waals surface area contributed by atoms with Crippen molar-refractivity contribution >= 4 is 29.2 Å². The Labute approximate surface area is 165 Å². The van der Waals surface area contributed by atoms with Gasteiger partial charge in [-0.05, 0) is 24.6 Å². The van der Waals surface area contributed by atoms with E-state index in [1.165, 1.54) is 0 Å². The summed E-state index contributed by atoms with van der Waals surface area (Å²) in [6, 6.07) is 14.0. The van der Waals surface area contributed by atoms with Crippen LogP contribution in [0.1, 0.15) is 29.1 Å². The minimum Gasteiger partial charge on any atom is -0.452 e. The summed E-state index contributed by atoms with van der Waals surface area (Å²) < 4.78 is 10.4. The van der Waals surface area contributed by atoms with Crippen molar-refractivity contribution in [1.82, 2.24) is 10.1 Å². The van der Waals surface area contributed by atoms with Crippen LogP contribution in [-0.2, 0) is 16.1 Å². The maximum atomic E-state index is 12.4. The predicted octanol–water partition coefficient (Wildman–Crippen LogP) is 3.87. The van der Waals surface area contributed by atoms with E-state index in [0.717, 1.165) is 12.0 Å². The molecule has 142 valence electrons. The summed E-state index contributed by atoms with van der Waals surface area (Å²) in [5.74, 6) is 0.0415. The Hall–Kier alpha value is -3.19. The average Bonchev–Trinajstić information content (AvgIpc) is 3.36. The van der Waals surface area contributed by atoms with Gasteiger partial charge in [-0.3, -0.25) is 4.79 Å². The summed E-state index contributed by atoms with van der Waals surface area (Å²) in [7, 11) is 0. The largest absolute Gasteiger partial charge is 0.452 e. The van der Waals surface area contributed by atoms with E-state index in [1.54, 1.807) is 23.1 Å². The van der Waals surface area contributed by atoms with Crippen LogP contribution in [0, 0.1) is 0 Å². The molecule has 3 aromatic rings. The highest BCUT2D eigenvalue weighted by atomic mass is 35.5. The summed E-state index contributed by atoms with van der Waals surface area (Å²) in [6.07, 6.45) is 1.25. The predicted molar refractivity (Wildman–Crippen MR) is 102 cm³/mol. The van der Waals surface area contributed by atoms with Gasteiger partial charge in [0.15, 0.2) is 6.61 Å². The minimum absolute atomic E-state index is 0.00767. The third-order valence-corrected chi connectivity index (χ3v) is 4.69. The molecule has 1 aromatic heterocycles. The van der Waals surface area contributed by atoms with E-state index in [0.29, 0.717) is 35.1 Å². The number of hydrogen-bond acceptors (Lipinski definition) is 6. The van der Waals surface area contributed by atoms with Gasteiger partial charge in [0.05, 0.1) is 16.3 Å². The molecule has 0 aliphatic carbocycles. The van der Waals surface area contributed by atoms with Gasteiger partial charge in [0, 0.05) is 18.5 Å². The second kappa shape index (κ2) is 7.82. The normalized spacial score (nSPS) is 13.8. The zero-order valence-electron chi connectivity index (χ0n) is 14.8. The van der Waals surface area contributed by atoms with Crippen molar-refractivity contribution in [3.63, 3.8) is 0 Å². The van der Waals surface area contributed by atoms with Gasteiger partial charge < -0.3 is 14.2 Å². The lowest BCUT2D eigenvalue weighted by atomic mass is 10.2. The average molecular weight is 398 g/mol. The molecular weight excluding hydrogens is 382 g/mol. The number of esters is 1. The number of rotatable bonds is 5. The van der Waals surface area contributed by atoms with Crippen LogP contribution in [-0.4, -0.2) is 28.6 Å². The first-order valence-corrected chi connectivity index (χ1v) is 9.14. The molecule has 7 nitrogen and oxygen atoms in total. The fraction of sp³-hybridized carbons (Fsp3) is 0.200. The number of halogens is 1. The lowest BCUT2D eigenvalue weighted by Crippen LogP contribution is -2.24. The zero-order chi connectivity index (χ0) is 19.5. The quantitative estimate of drug-likeness (QED) is 0.607. The highest BCUT2D eigenvalue weighted by molar-refractivity contribution is 6.34. The molecule has 0 spiro atoms. The van der Waals surface area contributed by atoms with Gasteiger partial charge in [0.2, 0.25) is 11.7 Å². The number of hydrogen-bond donors (Lipinski definition) is 0. The Balaban J connectivity index is 1.44. The van der Waals surface area contributed by atoms with Crippen molar-refractivity contribution in [3.05, 3.63) is 65.0 Å². The molecule has 4 rings (SSSR count). The Morgan fingerprint density at radius 2 is 2.04 bits per heavy atom. The van der Waals surface area contributed by atoms with E-state index in [2.05, 4.69) is 10.1 Å². The molecule has 0 saturated carbocycles. The molecular formula is C20H16ClN3O4. The molecule has 0 radical (unpaired) electrons. The molecule has 1 saturated heterocycles. The van der Waals surface area contributed by atoms with E-state index < -0.39 is 5.97 Å². The SMILES string of the molecule is O=C(OCc1nc(-c2ccccc2)no1)c1ccc(Cl)c(N2CCCC2=O)c1. The number of aromatic nitrogens is 2. The topological polar surface area (TPSA) is 85.5 Å². The maximum absolute atomic E-state index is 12.4. The number of ether oxygens (including phenoxy) is 1. The van der Waals surface area contributed by atoms with Crippen molar-refractivity contribution in [2.75, 3.05) is 11.4 Å². The molecule has 1 fully saturated rings. The summed E-state index contributed by atoms with van der Waals surface area (Å²) >= 11 is 6.20. The molecule has 0 bridgehead atoms. The van der Waals surface area contributed by atoms with Crippen LogP contribution in [0.25, 0.3) is 11.4 Å². The van der Waals surface area contributed by atoms with Crippen molar-refractivity contribution in [3.8, 4) is 11.4 Å². The van der Waals surface area contributed by atoms with Crippen LogP contribution in [0.4, 0.5) is 5.69 Å². The van der Waals surface area contributed by atoms with E-state index in [1.807, 2.05) is 30.3 Å². The van der Waals surface area contributed by atoms with Crippen LogP contribution in [0.2, 0.25) is 5.02 Å². The summed E-state index contributed by atoms with van der Waals surface area (Å²) in [5, 5.41) is 4.30. The Kier molecular flexibility index (Phi) is 5.08. The van der Waals surface area contributed by atoms with Gasteiger partial charge in [-0.15, -0.1) is 0 Å². The van der Waals surface area contributed by atoms with Crippen molar-refractivity contribution in [1.29, 1.82) is 0 Å². The Morgan fingerprint density at radius 3 is 2.79 bits per heavy atom. The molecule has 0 atom stereocenters. The Morgan fingerprint density at radius 1 is 1.21 bits per heavy atom. The highest BCUT2D eigenvalue weighted by Gasteiger charge is 2.25. The number of carbonyl (C=O) groups is 2. The number of benzene rings is 2. The van der Waals surface area contributed by atoms with E-state index in [9.17, 15) is 9.59 Å². The van der Waals surface area contributed by atoms with Crippen molar-refractivity contribution in [2.24, 2.45) is 0 Å². The molecule has 1 aliphatic heterocycles. The van der Waals surface area contributed by atoms with E-state index in [-0.39, 0.29) is 18.4 Å².